The minimum atomic E-state index is -1.19. The number of nitrogens with one attached hydrogen (secondary N) is 1. The summed E-state index contributed by atoms with van der Waals surface area (Å²) in [5, 5.41) is 12.5. The first-order chi connectivity index (χ1) is 14.6. The van der Waals surface area contributed by atoms with Crippen molar-refractivity contribution in [2.75, 3.05) is 6.54 Å². The number of allylic oxidation sites excluding steroid dienone is 1. The Morgan fingerprint density at radius 2 is 1.87 bits per heavy atom. The van der Waals surface area contributed by atoms with E-state index >= 15 is 0 Å². The van der Waals surface area contributed by atoms with E-state index in [-0.39, 0.29) is 24.8 Å². The normalized spacial score (nSPS) is 14.6. The van der Waals surface area contributed by atoms with Gasteiger partial charge in [-0.2, -0.15) is 0 Å². The van der Waals surface area contributed by atoms with E-state index in [1.165, 1.54) is 9.47 Å². The fourth-order valence-electron chi connectivity index (χ4n) is 3.44. The van der Waals surface area contributed by atoms with Crippen LogP contribution < -0.4 is 10.7 Å². The molecular weight excluding hydrogens is 415 g/mol. The molecule has 0 radical (unpaired) electrons. The summed E-state index contributed by atoms with van der Waals surface area (Å²) in [4.78, 5) is 39.2. The first-order valence-electron chi connectivity index (χ1n) is 9.47. The molecule has 10 heteroatoms. The van der Waals surface area contributed by atoms with Crippen LogP contribution in [0.2, 0.25) is 0 Å². The Morgan fingerprint density at radius 3 is 2.48 bits per heavy atom. The standard InChI is InChI=1S/C21H20F3N3O4/c1-3-4-11(2)27-6-5-26-10-14(18(28)19(29)17(26)21(27)31)20(30)25-9-13-15(23)7-12(22)8-16(13)24/h3-4,7-8,10-11,29H,5-6,9H2,1-2H3,(H,25,30)/b4-3-. The molecule has 0 aliphatic carbocycles. The molecule has 7 nitrogen and oxygen atoms in total. The molecule has 0 fully saturated rings. The maximum atomic E-state index is 13.7. The molecule has 1 aliphatic heterocycles. The van der Waals surface area contributed by atoms with Gasteiger partial charge in [0.25, 0.3) is 11.8 Å². The maximum Gasteiger partial charge on any atom is 0.275 e. The van der Waals surface area contributed by atoms with Gasteiger partial charge in [-0.15, -0.1) is 0 Å². The summed E-state index contributed by atoms with van der Waals surface area (Å²) in [6.45, 7) is 3.45. The first kappa shape index (κ1) is 22.1. The summed E-state index contributed by atoms with van der Waals surface area (Å²) in [5.41, 5.74) is -2.40. The van der Waals surface area contributed by atoms with Crippen LogP contribution in [0.4, 0.5) is 13.2 Å². The molecule has 0 spiro atoms. The van der Waals surface area contributed by atoms with Crippen molar-refractivity contribution in [3.8, 4) is 5.75 Å². The molecule has 1 aliphatic rings. The molecule has 1 aromatic heterocycles. The third-order valence-corrected chi connectivity index (χ3v) is 5.04. The lowest BCUT2D eigenvalue weighted by molar-refractivity contribution is 0.0660. The minimum Gasteiger partial charge on any atom is -0.503 e. The van der Waals surface area contributed by atoms with Crippen LogP contribution in [-0.2, 0) is 13.1 Å². The van der Waals surface area contributed by atoms with Crippen LogP contribution in [0, 0.1) is 17.5 Å². The summed E-state index contributed by atoms with van der Waals surface area (Å²) in [6.07, 6.45) is 4.69. The number of benzene rings is 1. The average molecular weight is 435 g/mol. The number of rotatable bonds is 5. The molecule has 1 atom stereocenters. The molecule has 0 saturated heterocycles. The molecule has 1 aromatic carbocycles. The quantitative estimate of drug-likeness (QED) is 0.706. The van der Waals surface area contributed by atoms with Crippen LogP contribution in [0.5, 0.6) is 5.75 Å². The number of halogens is 3. The Hall–Kier alpha value is -3.56. The molecule has 1 unspecified atom stereocenters. The number of fused-ring (bicyclic) bond motifs is 1. The Morgan fingerprint density at radius 1 is 1.23 bits per heavy atom. The topological polar surface area (TPSA) is 91.6 Å². The van der Waals surface area contributed by atoms with E-state index in [0.717, 1.165) is 6.20 Å². The lowest BCUT2D eigenvalue weighted by atomic mass is 10.1. The van der Waals surface area contributed by atoms with Gasteiger partial charge in [0.05, 0.1) is 0 Å². The Bertz CT molecular complexity index is 1120. The first-order valence-corrected chi connectivity index (χ1v) is 9.47. The Labute approximate surface area is 175 Å². The highest BCUT2D eigenvalue weighted by Gasteiger charge is 2.32. The number of amides is 2. The number of carbonyl (C=O) groups is 2. The second-order valence-corrected chi connectivity index (χ2v) is 7.06. The molecule has 2 amide bonds. The highest BCUT2D eigenvalue weighted by molar-refractivity contribution is 5.99. The second-order valence-electron chi connectivity index (χ2n) is 7.06. The van der Waals surface area contributed by atoms with E-state index in [2.05, 4.69) is 5.32 Å². The fraction of sp³-hybridized carbons (Fsp3) is 0.286. The molecule has 0 saturated carbocycles. The van der Waals surface area contributed by atoms with Crippen LogP contribution >= 0.6 is 0 Å². The van der Waals surface area contributed by atoms with Gasteiger partial charge >= 0.3 is 0 Å². The van der Waals surface area contributed by atoms with Crippen LogP contribution in [0.25, 0.3) is 0 Å². The van der Waals surface area contributed by atoms with Gasteiger partial charge in [0.2, 0.25) is 5.43 Å². The van der Waals surface area contributed by atoms with Crippen molar-refractivity contribution >= 4 is 11.8 Å². The number of aromatic nitrogens is 1. The maximum absolute atomic E-state index is 13.7. The van der Waals surface area contributed by atoms with E-state index in [4.69, 9.17) is 0 Å². The van der Waals surface area contributed by atoms with Crippen LogP contribution in [-0.4, -0.2) is 39.0 Å². The summed E-state index contributed by atoms with van der Waals surface area (Å²) >= 11 is 0. The predicted molar refractivity (Wildman–Crippen MR) is 105 cm³/mol. The third kappa shape index (κ3) is 4.18. The van der Waals surface area contributed by atoms with Crippen molar-refractivity contribution < 1.29 is 27.9 Å². The van der Waals surface area contributed by atoms with Gasteiger partial charge in [-0.3, -0.25) is 14.4 Å². The van der Waals surface area contributed by atoms with Gasteiger partial charge in [-0.05, 0) is 13.8 Å². The molecule has 2 N–H and O–H groups in total. The van der Waals surface area contributed by atoms with Gasteiger partial charge in [0.1, 0.15) is 23.0 Å². The van der Waals surface area contributed by atoms with Crippen molar-refractivity contribution in [2.24, 2.45) is 0 Å². The molecule has 164 valence electrons. The van der Waals surface area contributed by atoms with Crippen LogP contribution in [0.3, 0.4) is 0 Å². The van der Waals surface area contributed by atoms with E-state index in [0.29, 0.717) is 12.1 Å². The number of pyridine rings is 1. The minimum absolute atomic E-state index is 0.221. The Balaban J connectivity index is 1.88. The number of carbonyl (C=O) groups excluding carboxylic acids is 2. The van der Waals surface area contributed by atoms with Crippen molar-refractivity contribution in [1.82, 2.24) is 14.8 Å². The monoisotopic (exact) mass is 435 g/mol. The molecule has 31 heavy (non-hydrogen) atoms. The zero-order valence-electron chi connectivity index (χ0n) is 16.8. The van der Waals surface area contributed by atoms with Crippen molar-refractivity contribution in [3.63, 3.8) is 0 Å². The van der Waals surface area contributed by atoms with Gasteiger partial charge in [0, 0.05) is 49.6 Å². The number of hydrogen-bond acceptors (Lipinski definition) is 4. The summed E-state index contributed by atoms with van der Waals surface area (Å²) in [5.74, 6) is -5.93. The van der Waals surface area contributed by atoms with Crippen molar-refractivity contribution in [2.45, 2.75) is 33.0 Å². The van der Waals surface area contributed by atoms with Crippen molar-refractivity contribution in [3.05, 3.63) is 75.0 Å². The molecular formula is C21H20F3N3O4. The molecule has 0 bridgehead atoms. The molecule has 3 rings (SSSR count). The van der Waals surface area contributed by atoms with Gasteiger partial charge in [-0.25, -0.2) is 13.2 Å². The number of hydrogen-bond donors (Lipinski definition) is 2. The third-order valence-electron chi connectivity index (χ3n) is 5.04. The summed E-state index contributed by atoms with van der Waals surface area (Å²) in [6, 6.07) is 0.677. The van der Waals surface area contributed by atoms with Crippen LogP contribution in [0.15, 0.2) is 35.3 Å². The lowest BCUT2D eigenvalue weighted by Crippen LogP contribution is -2.46. The van der Waals surface area contributed by atoms with E-state index in [1.54, 1.807) is 26.0 Å². The lowest BCUT2D eigenvalue weighted by Gasteiger charge is -2.33. The average Bonchev–Trinajstić information content (AvgIpc) is 2.69. The summed E-state index contributed by atoms with van der Waals surface area (Å²) in [7, 11) is 0. The van der Waals surface area contributed by atoms with Gasteiger partial charge < -0.3 is 19.9 Å². The van der Waals surface area contributed by atoms with Gasteiger partial charge in [0.15, 0.2) is 11.4 Å². The van der Waals surface area contributed by atoms with Crippen LogP contribution in [0.1, 0.15) is 40.3 Å². The highest BCUT2D eigenvalue weighted by atomic mass is 19.1. The SMILES string of the molecule is C/C=C\C(C)N1CCn2cc(C(=O)NCc3c(F)cc(F)cc3F)c(=O)c(O)c2C1=O. The second kappa shape index (κ2) is 8.66. The molecule has 2 heterocycles. The van der Waals surface area contributed by atoms with Crippen molar-refractivity contribution in [1.29, 1.82) is 0 Å². The number of aromatic hydroxyl groups is 1. The van der Waals surface area contributed by atoms with E-state index < -0.39 is 58.1 Å². The zero-order chi connectivity index (χ0) is 22.9. The predicted octanol–water partition coefficient (Wildman–Crippen LogP) is 2.32. The Kier molecular flexibility index (Phi) is 6.19. The number of nitrogens with zero attached hydrogens (tertiary/aromatic N) is 2. The zero-order valence-corrected chi connectivity index (χ0v) is 16.8. The summed E-state index contributed by atoms with van der Waals surface area (Å²) < 4.78 is 41.8. The van der Waals surface area contributed by atoms with E-state index in [9.17, 15) is 32.7 Å². The largest absolute Gasteiger partial charge is 0.503 e. The molecule has 2 aromatic rings. The van der Waals surface area contributed by atoms with Gasteiger partial charge in [-0.1, -0.05) is 12.2 Å². The fourth-order valence-corrected chi connectivity index (χ4v) is 3.44. The smallest absolute Gasteiger partial charge is 0.275 e. The highest BCUT2D eigenvalue weighted by Crippen LogP contribution is 2.22. The van der Waals surface area contributed by atoms with E-state index in [1.807, 2.05) is 0 Å².